The fourth-order valence-corrected chi connectivity index (χ4v) is 5.56. The van der Waals surface area contributed by atoms with Gasteiger partial charge in [0.1, 0.15) is 5.65 Å². The number of fused-ring (bicyclic) bond motifs is 1. The van der Waals surface area contributed by atoms with Crippen molar-refractivity contribution in [3.05, 3.63) is 64.6 Å². The van der Waals surface area contributed by atoms with Gasteiger partial charge >= 0.3 is 0 Å². The molecule has 0 aliphatic carbocycles. The molecule has 1 aliphatic heterocycles. The molecule has 8 heteroatoms. The molecule has 1 amide bonds. The minimum Gasteiger partial charge on any atom is -0.387 e. The van der Waals surface area contributed by atoms with Crippen molar-refractivity contribution in [3.63, 3.8) is 0 Å². The van der Waals surface area contributed by atoms with Crippen LogP contribution in [-0.2, 0) is 0 Å². The monoisotopic (exact) mass is 461 g/mol. The van der Waals surface area contributed by atoms with Crippen LogP contribution in [0.2, 0.25) is 0 Å². The van der Waals surface area contributed by atoms with Gasteiger partial charge in [0, 0.05) is 41.7 Å². The molecule has 3 N–H and O–H groups in total. The third-order valence-electron chi connectivity index (χ3n) is 6.44. The molecule has 0 bridgehead atoms. The maximum Gasteiger partial charge on any atom is 0.254 e. The van der Waals surface area contributed by atoms with Gasteiger partial charge in [0.2, 0.25) is 0 Å². The number of pyridine rings is 1. The highest BCUT2D eigenvalue weighted by molar-refractivity contribution is 7.15. The molecule has 0 radical (unpaired) electrons. The van der Waals surface area contributed by atoms with E-state index in [0.717, 1.165) is 38.1 Å². The first-order chi connectivity index (χ1) is 15.8. The van der Waals surface area contributed by atoms with Gasteiger partial charge < -0.3 is 20.1 Å². The van der Waals surface area contributed by atoms with Gasteiger partial charge in [-0.2, -0.15) is 0 Å². The van der Waals surface area contributed by atoms with Crippen molar-refractivity contribution in [1.82, 2.24) is 19.3 Å². The second-order valence-electron chi connectivity index (χ2n) is 8.79. The molecule has 1 aromatic carbocycles. The van der Waals surface area contributed by atoms with Crippen molar-refractivity contribution >= 4 is 22.9 Å². The van der Waals surface area contributed by atoms with Crippen LogP contribution in [0.1, 0.15) is 33.2 Å². The molecular weight excluding hydrogens is 434 g/mol. The molecule has 4 aromatic rings. The third-order valence-corrected chi connectivity index (χ3v) is 7.55. The molecule has 7 nitrogen and oxygen atoms in total. The average molecular weight is 462 g/mol. The molecule has 0 spiro atoms. The molecule has 1 saturated heterocycles. The summed E-state index contributed by atoms with van der Waals surface area (Å²) >= 11 is 1.69. The molecule has 1 atom stereocenters. The number of aliphatic hydroxyl groups is 1. The fraction of sp³-hybridized carbons (Fsp3) is 0.320. The van der Waals surface area contributed by atoms with E-state index in [9.17, 15) is 9.90 Å². The van der Waals surface area contributed by atoms with Crippen LogP contribution in [0.15, 0.2) is 42.6 Å². The van der Waals surface area contributed by atoms with Gasteiger partial charge in [-0.1, -0.05) is 24.3 Å². The Morgan fingerprint density at radius 1 is 1.18 bits per heavy atom. The number of aryl methyl sites for hydroxylation is 3. The highest BCUT2D eigenvalue weighted by Crippen LogP contribution is 2.38. The molecule has 0 unspecified atom stereocenters. The number of hydrogen-bond donors (Lipinski definition) is 2. The first-order valence-corrected chi connectivity index (χ1v) is 11.9. The summed E-state index contributed by atoms with van der Waals surface area (Å²) < 4.78 is 2.01. The minimum absolute atomic E-state index is 0.111. The van der Waals surface area contributed by atoms with E-state index in [-0.39, 0.29) is 19.0 Å². The van der Waals surface area contributed by atoms with E-state index in [4.69, 9.17) is 10.7 Å². The van der Waals surface area contributed by atoms with Crippen LogP contribution in [0.5, 0.6) is 0 Å². The van der Waals surface area contributed by atoms with Crippen LogP contribution in [-0.4, -0.2) is 55.5 Å². The zero-order valence-corrected chi connectivity index (χ0v) is 19.8. The van der Waals surface area contributed by atoms with E-state index in [1.807, 2.05) is 55.6 Å². The predicted molar refractivity (Wildman–Crippen MR) is 130 cm³/mol. The lowest BCUT2D eigenvalue weighted by molar-refractivity contribution is 0.0507. The first kappa shape index (κ1) is 21.8. The summed E-state index contributed by atoms with van der Waals surface area (Å²) in [4.78, 5) is 25.4. The zero-order valence-electron chi connectivity index (χ0n) is 19.0. The quantitative estimate of drug-likeness (QED) is 0.484. The number of rotatable bonds is 4. The molecule has 33 heavy (non-hydrogen) atoms. The van der Waals surface area contributed by atoms with E-state index in [1.54, 1.807) is 16.2 Å². The molecule has 5 rings (SSSR count). The number of benzene rings is 1. The first-order valence-electron chi connectivity index (χ1n) is 11.0. The number of carbonyl (C=O) groups is 1. The number of nitrogens with two attached hydrogens (primary N) is 1. The number of nitrogens with zero attached hydrogens (tertiary/aromatic N) is 4. The molecular formula is C25H27N5O2S. The normalized spacial score (nSPS) is 18.4. The number of likely N-dealkylation sites (tertiary alicyclic amines) is 1. The Labute approximate surface area is 196 Å². The van der Waals surface area contributed by atoms with Crippen LogP contribution >= 0.6 is 11.3 Å². The van der Waals surface area contributed by atoms with Crippen molar-refractivity contribution < 1.29 is 9.90 Å². The van der Waals surface area contributed by atoms with Gasteiger partial charge in [-0.15, -0.1) is 11.3 Å². The van der Waals surface area contributed by atoms with E-state index in [2.05, 4.69) is 17.1 Å². The Bertz CT molecular complexity index is 1370. The van der Waals surface area contributed by atoms with Crippen molar-refractivity contribution in [1.29, 1.82) is 0 Å². The Morgan fingerprint density at radius 3 is 2.61 bits per heavy atom. The summed E-state index contributed by atoms with van der Waals surface area (Å²) in [6, 6.07) is 11.9. The highest BCUT2D eigenvalue weighted by Gasteiger charge is 2.37. The van der Waals surface area contributed by atoms with Gasteiger partial charge in [0.25, 0.3) is 5.91 Å². The standard InChI is InChI=1S/C25H27N5O2S/c1-15-23(33-17(3)27-15)20-7-5-4-6-19(20)22-16(2)30-10-8-18(12-21(30)28-22)24(31)29-11-9-25(32,13-26)14-29/h4-8,10,12,32H,9,11,13-14,26H2,1-3H3/t25-/m0/s1. The van der Waals surface area contributed by atoms with E-state index < -0.39 is 5.60 Å². The SMILES string of the molecule is Cc1nc(C)c(-c2ccccc2-c2nc3cc(C(=O)N4CC[C@](O)(CN)C4)ccn3c2C)s1. The number of hydrogen-bond acceptors (Lipinski definition) is 6. The molecule has 1 aliphatic rings. The molecule has 170 valence electrons. The summed E-state index contributed by atoms with van der Waals surface area (Å²) in [5, 5.41) is 11.4. The summed E-state index contributed by atoms with van der Waals surface area (Å²) in [7, 11) is 0. The van der Waals surface area contributed by atoms with Gasteiger partial charge in [-0.05, 0) is 39.3 Å². The Morgan fingerprint density at radius 2 is 1.94 bits per heavy atom. The lowest BCUT2D eigenvalue weighted by Crippen LogP contribution is -2.41. The van der Waals surface area contributed by atoms with Crippen LogP contribution < -0.4 is 5.73 Å². The van der Waals surface area contributed by atoms with E-state index >= 15 is 0 Å². The Hall–Kier alpha value is -3.07. The van der Waals surface area contributed by atoms with Crippen LogP contribution in [0.3, 0.4) is 0 Å². The lowest BCUT2D eigenvalue weighted by atomic mass is 10.0. The number of carbonyl (C=O) groups excluding carboxylic acids is 1. The Balaban J connectivity index is 1.54. The third kappa shape index (κ3) is 3.74. The number of thiazole rings is 1. The van der Waals surface area contributed by atoms with Crippen LogP contribution in [0.4, 0.5) is 0 Å². The number of aromatic nitrogens is 3. The van der Waals surface area contributed by atoms with Gasteiger partial charge in [-0.3, -0.25) is 4.79 Å². The summed E-state index contributed by atoms with van der Waals surface area (Å²) in [5.41, 5.74) is 11.0. The maximum atomic E-state index is 13.1. The lowest BCUT2D eigenvalue weighted by Gasteiger charge is -2.21. The van der Waals surface area contributed by atoms with Gasteiger partial charge in [0.15, 0.2) is 0 Å². The smallest absolute Gasteiger partial charge is 0.254 e. The number of imidazole rings is 1. The highest BCUT2D eigenvalue weighted by atomic mass is 32.1. The van der Waals surface area contributed by atoms with Crippen molar-refractivity contribution in [3.8, 4) is 21.7 Å². The van der Waals surface area contributed by atoms with Crippen molar-refractivity contribution in [2.75, 3.05) is 19.6 Å². The molecule has 1 fully saturated rings. The average Bonchev–Trinajstić information content (AvgIpc) is 3.48. The second kappa shape index (κ2) is 8.06. The maximum absolute atomic E-state index is 13.1. The van der Waals surface area contributed by atoms with E-state index in [1.165, 1.54) is 0 Å². The Kier molecular flexibility index (Phi) is 5.31. The topological polar surface area (TPSA) is 96.8 Å². The van der Waals surface area contributed by atoms with Crippen LogP contribution in [0.25, 0.3) is 27.3 Å². The number of amides is 1. The summed E-state index contributed by atoms with van der Waals surface area (Å²) in [6.45, 7) is 7.00. The summed E-state index contributed by atoms with van der Waals surface area (Å²) in [6.07, 6.45) is 2.39. The number of β-amino-alcohol motifs (C(OH)–C–C–N with tert-alkyl or cyclic N) is 1. The molecule has 4 heterocycles. The zero-order chi connectivity index (χ0) is 23.3. The van der Waals surface area contributed by atoms with Crippen LogP contribution in [0, 0.1) is 20.8 Å². The fourth-order valence-electron chi connectivity index (χ4n) is 4.60. The van der Waals surface area contributed by atoms with Crippen molar-refractivity contribution in [2.24, 2.45) is 5.73 Å². The minimum atomic E-state index is -0.992. The predicted octanol–water partition coefficient (Wildman–Crippen LogP) is 3.59. The van der Waals surface area contributed by atoms with Gasteiger partial charge in [0.05, 0.1) is 33.4 Å². The van der Waals surface area contributed by atoms with E-state index in [0.29, 0.717) is 24.2 Å². The van der Waals surface area contributed by atoms with Gasteiger partial charge in [-0.25, -0.2) is 9.97 Å². The second-order valence-corrected chi connectivity index (χ2v) is 9.99. The molecule has 3 aromatic heterocycles. The molecule has 0 saturated carbocycles. The largest absolute Gasteiger partial charge is 0.387 e. The van der Waals surface area contributed by atoms with Crippen molar-refractivity contribution in [2.45, 2.75) is 32.8 Å². The summed E-state index contributed by atoms with van der Waals surface area (Å²) in [5.74, 6) is -0.111.